The van der Waals surface area contributed by atoms with Gasteiger partial charge in [-0.25, -0.2) is 0 Å². The Bertz CT molecular complexity index is 667. The molecule has 0 amide bonds. The van der Waals surface area contributed by atoms with Crippen molar-refractivity contribution in [2.24, 2.45) is 10.5 Å². The van der Waals surface area contributed by atoms with E-state index in [4.69, 9.17) is 0 Å². The Morgan fingerprint density at radius 1 is 1.09 bits per heavy atom. The zero-order valence-electron chi connectivity index (χ0n) is 11.9. The predicted octanol–water partition coefficient (Wildman–Crippen LogP) is 3.63. The minimum Gasteiger partial charge on any atom is -0.272 e. The maximum absolute atomic E-state index is 11.1. The number of nitro groups is 2. The van der Waals surface area contributed by atoms with Crippen LogP contribution in [0.5, 0.6) is 0 Å². The minimum atomic E-state index is -0.650. The summed E-state index contributed by atoms with van der Waals surface area (Å²) in [4.78, 5) is 20.5. The lowest BCUT2D eigenvalue weighted by molar-refractivity contribution is -0.393. The maximum Gasteiger partial charge on any atom is 0.301 e. The van der Waals surface area contributed by atoms with Crippen molar-refractivity contribution in [2.75, 3.05) is 5.43 Å². The molecule has 1 N–H and O–H groups in total. The number of rotatable bonds is 4. The van der Waals surface area contributed by atoms with Gasteiger partial charge in [0.25, 0.3) is 5.69 Å². The third-order valence-electron chi connectivity index (χ3n) is 4.48. The van der Waals surface area contributed by atoms with Gasteiger partial charge in [-0.2, -0.15) is 5.10 Å². The van der Waals surface area contributed by atoms with Crippen molar-refractivity contribution < 1.29 is 9.85 Å². The van der Waals surface area contributed by atoms with Crippen molar-refractivity contribution in [3.05, 3.63) is 38.4 Å². The van der Waals surface area contributed by atoms with Crippen molar-refractivity contribution in [1.82, 2.24) is 0 Å². The van der Waals surface area contributed by atoms with Crippen molar-refractivity contribution in [3.8, 4) is 0 Å². The fourth-order valence-electron chi connectivity index (χ4n) is 3.04. The second kappa shape index (κ2) is 5.36. The van der Waals surface area contributed by atoms with Crippen LogP contribution in [0.15, 0.2) is 23.3 Å². The highest BCUT2D eigenvalue weighted by molar-refractivity contribution is 5.93. The fraction of sp³-hybridized carbons (Fsp3) is 0.500. The van der Waals surface area contributed by atoms with Crippen LogP contribution in [0, 0.1) is 25.6 Å². The number of non-ortho nitro benzene ring substituents is 1. The first-order valence-corrected chi connectivity index (χ1v) is 7.28. The van der Waals surface area contributed by atoms with Crippen LogP contribution < -0.4 is 5.43 Å². The molecule has 1 aromatic carbocycles. The molecular formula is C14H16N4O4. The van der Waals surface area contributed by atoms with Gasteiger partial charge in [0.1, 0.15) is 5.69 Å². The minimum absolute atomic E-state index is 0.185. The number of nitrogens with zero attached hydrogens (tertiary/aromatic N) is 3. The number of hydrogen-bond acceptors (Lipinski definition) is 6. The van der Waals surface area contributed by atoms with Gasteiger partial charge in [0.2, 0.25) is 0 Å². The summed E-state index contributed by atoms with van der Waals surface area (Å²) in [6.07, 6.45) is 6.61. The van der Waals surface area contributed by atoms with Gasteiger partial charge in [0, 0.05) is 17.2 Å². The predicted molar refractivity (Wildman–Crippen MR) is 80.9 cm³/mol. The van der Waals surface area contributed by atoms with Gasteiger partial charge >= 0.3 is 5.69 Å². The smallest absolute Gasteiger partial charge is 0.272 e. The van der Waals surface area contributed by atoms with E-state index < -0.39 is 9.85 Å². The quantitative estimate of drug-likeness (QED) is 0.674. The molecule has 2 aliphatic carbocycles. The van der Waals surface area contributed by atoms with E-state index in [1.54, 1.807) is 0 Å². The Morgan fingerprint density at radius 2 is 1.86 bits per heavy atom. The summed E-state index contributed by atoms with van der Waals surface area (Å²) in [5, 5.41) is 26.2. The van der Waals surface area contributed by atoms with Gasteiger partial charge in [-0.1, -0.05) is 6.42 Å². The summed E-state index contributed by atoms with van der Waals surface area (Å²) in [7, 11) is 0. The van der Waals surface area contributed by atoms with Crippen LogP contribution in [0.2, 0.25) is 0 Å². The van der Waals surface area contributed by atoms with Gasteiger partial charge in [-0.3, -0.25) is 25.7 Å². The maximum atomic E-state index is 11.1. The molecular weight excluding hydrogens is 288 g/mol. The lowest BCUT2D eigenvalue weighted by atomic mass is 9.84. The third-order valence-corrected chi connectivity index (χ3v) is 4.48. The van der Waals surface area contributed by atoms with Crippen LogP contribution in [0.25, 0.3) is 0 Å². The number of nitro benzene ring substituents is 2. The van der Waals surface area contributed by atoms with Crippen LogP contribution in [0.3, 0.4) is 0 Å². The van der Waals surface area contributed by atoms with Gasteiger partial charge in [0.05, 0.1) is 15.9 Å². The molecule has 1 aromatic rings. The Hall–Kier alpha value is -2.51. The molecule has 0 heterocycles. The van der Waals surface area contributed by atoms with E-state index in [0.717, 1.165) is 43.9 Å². The molecule has 8 nitrogen and oxygen atoms in total. The SMILES string of the molecule is O=[N+]([O-])c1ccc(NN=C2CCCCC23CC3)c([N+](=O)[O-])c1. The molecule has 1 spiro atoms. The third kappa shape index (κ3) is 2.63. The molecule has 22 heavy (non-hydrogen) atoms. The van der Waals surface area contributed by atoms with Gasteiger partial charge in [-0.15, -0.1) is 0 Å². The largest absolute Gasteiger partial charge is 0.301 e. The van der Waals surface area contributed by atoms with E-state index in [-0.39, 0.29) is 22.5 Å². The number of nitrogens with one attached hydrogen (secondary N) is 1. The standard InChI is InChI=1S/C14H16N4O4/c19-17(20)10-4-5-11(12(9-10)18(21)22)15-16-13-3-1-2-6-14(13)7-8-14/h4-5,9,15H,1-3,6-8H2. The first-order chi connectivity index (χ1) is 10.5. The zero-order chi connectivity index (χ0) is 15.7. The van der Waals surface area contributed by atoms with Crippen molar-refractivity contribution in [2.45, 2.75) is 38.5 Å². The van der Waals surface area contributed by atoms with Crippen LogP contribution in [0.4, 0.5) is 17.1 Å². The van der Waals surface area contributed by atoms with E-state index in [2.05, 4.69) is 10.5 Å². The van der Waals surface area contributed by atoms with Gasteiger partial charge < -0.3 is 0 Å². The van der Waals surface area contributed by atoms with Crippen molar-refractivity contribution in [1.29, 1.82) is 0 Å². The topological polar surface area (TPSA) is 111 Å². The zero-order valence-corrected chi connectivity index (χ0v) is 11.9. The molecule has 0 aromatic heterocycles. The molecule has 0 saturated heterocycles. The second-order valence-corrected chi connectivity index (χ2v) is 5.87. The van der Waals surface area contributed by atoms with Crippen LogP contribution >= 0.6 is 0 Å². The van der Waals surface area contributed by atoms with Crippen LogP contribution in [0.1, 0.15) is 38.5 Å². The number of benzene rings is 1. The van der Waals surface area contributed by atoms with E-state index >= 15 is 0 Å². The first-order valence-electron chi connectivity index (χ1n) is 7.28. The monoisotopic (exact) mass is 304 g/mol. The van der Waals surface area contributed by atoms with Crippen molar-refractivity contribution in [3.63, 3.8) is 0 Å². The molecule has 3 rings (SSSR count). The van der Waals surface area contributed by atoms with E-state index in [1.165, 1.54) is 18.6 Å². The first kappa shape index (κ1) is 14.4. The Labute approximate surface area is 126 Å². The van der Waals surface area contributed by atoms with Crippen molar-refractivity contribution >= 4 is 22.8 Å². The highest BCUT2D eigenvalue weighted by atomic mass is 16.6. The normalized spacial score (nSPS) is 20.8. The molecule has 0 aliphatic heterocycles. The molecule has 116 valence electrons. The molecule has 0 atom stereocenters. The lowest BCUT2D eigenvalue weighted by Gasteiger charge is -2.23. The average molecular weight is 304 g/mol. The molecule has 0 unspecified atom stereocenters. The number of hydrazone groups is 1. The average Bonchev–Trinajstić information content (AvgIpc) is 3.26. The summed E-state index contributed by atoms with van der Waals surface area (Å²) in [6, 6.07) is 3.53. The number of anilines is 1. The van der Waals surface area contributed by atoms with Crippen LogP contribution in [-0.2, 0) is 0 Å². The number of hydrogen-bond donors (Lipinski definition) is 1. The molecule has 0 bridgehead atoms. The summed E-state index contributed by atoms with van der Waals surface area (Å²) in [5.41, 5.74) is 3.58. The Morgan fingerprint density at radius 3 is 2.50 bits per heavy atom. The van der Waals surface area contributed by atoms with E-state index in [9.17, 15) is 20.2 Å². The molecule has 2 fully saturated rings. The Balaban J connectivity index is 1.85. The molecule has 0 radical (unpaired) electrons. The summed E-state index contributed by atoms with van der Waals surface area (Å²) in [5.74, 6) is 0. The van der Waals surface area contributed by atoms with E-state index in [0.29, 0.717) is 0 Å². The highest BCUT2D eigenvalue weighted by Gasteiger charge is 2.48. The molecule has 2 saturated carbocycles. The molecule has 8 heteroatoms. The summed E-state index contributed by atoms with van der Waals surface area (Å²) in [6.45, 7) is 0. The van der Waals surface area contributed by atoms with Gasteiger partial charge in [0.15, 0.2) is 0 Å². The van der Waals surface area contributed by atoms with Crippen LogP contribution in [-0.4, -0.2) is 15.6 Å². The fourth-order valence-corrected chi connectivity index (χ4v) is 3.04. The second-order valence-electron chi connectivity index (χ2n) is 5.87. The lowest BCUT2D eigenvalue weighted by Crippen LogP contribution is -2.21. The molecule has 2 aliphatic rings. The van der Waals surface area contributed by atoms with Gasteiger partial charge in [-0.05, 0) is 38.2 Å². The summed E-state index contributed by atoms with van der Waals surface area (Å²) >= 11 is 0. The highest BCUT2D eigenvalue weighted by Crippen LogP contribution is 2.54. The summed E-state index contributed by atoms with van der Waals surface area (Å²) < 4.78 is 0. The Kier molecular flexibility index (Phi) is 3.51. The van der Waals surface area contributed by atoms with E-state index in [1.807, 2.05) is 0 Å².